The van der Waals surface area contributed by atoms with Crippen LogP contribution in [0.5, 0.6) is 0 Å². The minimum atomic E-state index is -3.00. The second-order valence-corrected chi connectivity index (χ2v) is 18.7. The molecular weight excluding hydrogens is 1220 g/mol. The van der Waals surface area contributed by atoms with Crippen molar-refractivity contribution >= 4 is 64.2 Å². The van der Waals surface area contributed by atoms with Crippen LogP contribution in [-0.4, -0.2) is 75.5 Å². The zero-order chi connectivity index (χ0) is 67.0. The lowest BCUT2D eigenvalue weighted by atomic mass is 9.79. The van der Waals surface area contributed by atoms with Gasteiger partial charge in [-0.2, -0.15) is 10.5 Å². The first-order valence-corrected chi connectivity index (χ1v) is 26.1. The number of carbonyl (C=O) groups is 6. The smallest absolute Gasteiger partial charge is 0.317 e. The van der Waals surface area contributed by atoms with Gasteiger partial charge in [-0.25, -0.2) is 72.1 Å². The summed E-state index contributed by atoms with van der Waals surface area (Å²) in [6.07, 6.45) is 0. The summed E-state index contributed by atoms with van der Waals surface area (Å²) in [4.78, 5) is 103. The monoisotopic (exact) mass is 1260 g/mol. The second-order valence-electron chi connectivity index (χ2n) is 18.7. The number of nitrogens with zero attached hydrogens (tertiary/aromatic N) is 6. The Hall–Kier alpha value is -11.0. The third-order valence-corrected chi connectivity index (χ3v) is 14.4. The van der Waals surface area contributed by atoms with Crippen molar-refractivity contribution in [2.45, 2.75) is 77.0 Å². The number of esters is 6. The van der Waals surface area contributed by atoms with Crippen molar-refractivity contribution in [3.8, 4) is 12.1 Å². The molecule has 0 spiro atoms. The normalized spacial score (nSPS) is 19.2. The Morgan fingerprint density at radius 1 is 0.367 bits per heavy atom. The zero-order valence-electron chi connectivity index (χ0n) is 46.8. The van der Waals surface area contributed by atoms with E-state index in [1.54, 1.807) is 0 Å². The van der Waals surface area contributed by atoms with Crippen LogP contribution in [0.15, 0.2) is 16.7 Å². The molecule has 18 nitrogen and oxygen atoms in total. The maximum absolute atomic E-state index is 16.8. The highest BCUT2D eigenvalue weighted by Gasteiger charge is 2.63. The van der Waals surface area contributed by atoms with Crippen LogP contribution >= 0.6 is 0 Å². The van der Waals surface area contributed by atoms with Crippen molar-refractivity contribution in [3.63, 3.8) is 0 Å². The predicted molar refractivity (Wildman–Crippen MR) is 278 cm³/mol. The van der Waals surface area contributed by atoms with E-state index in [0.29, 0.717) is 0 Å². The van der Waals surface area contributed by atoms with Crippen molar-refractivity contribution in [2.24, 2.45) is 0 Å². The van der Waals surface area contributed by atoms with Crippen molar-refractivity contribution in [1.29, 1.82) is 10.5 Å². The summed E-state index contributed by atoms with van der Waals surface area (Å²) in [5.74, 6) is -60.2. The highest BCUT2D eigenvalue weighted by Crippen LogP contribution is 2.68. The van der Waals surface area contributed by atoms with Gasteiger partial charge in [0.25, 0.3) is 11.4 Å². The van der Waals surface area contributed by atoms with E-state index >= 15 is 81.5 Å². The molecule has 6 unspecified atom stereocenters. The molecule has 0 amide bonds. The Morgan fingerprint density at radius 2 is 0.589 bits per heavy atom. The number of rotatable bonds is 15. The fourth-order valence-corrected chi connectivity index (χ4v) is 11.4. The van der Waals surface area contributed by atoms with Gasteiger partial charge in [-0.1, -0.05) is 0 Å². The molecule has 0 aliphatic heterocycles. The summed E-state index contributed by atoms with van der Waals surface area (Å²) in [6, 6.07) is 2.08. The summed E-state index contributed by atoms with van der Waals surface area (Å²) in [5.41, 5.74) is -30.0. The summed E-state index contributed by atoms with van der Waals surface area (Å²) < 4.78 is 228. The number of benzene rings is 4. The van der Waals surface area contributed by atoms with Gasteiger partial charge in [0.2, 0.25) is 11.4 Å². The molecule has 6 atom stereocenters. The maximum atomic E-state index is 16.8. The molecule has 7 rings (SSSR count). The molecule has 3 aliphatic rings. The van der Waals surface area contributed by atoms with Gasteiger partial charge in [0.05, 0.1) is 118 Å². The molecule has 90 heavy (non-hydrogen) atoms. The van der Waals surface area contributed by atoms with Crippen LogP contribution < -0.4 is 0 Å². The van der Waals surface area contributed by atoms with Gasteiger partial charge in [0.15, 0.2) is 58.2 Å². The van der Waals surface area contributed by atoms with Crippen LogP contribution in [0.25, 0.3) is 36.3 Å². The van der Waals surface area contributed by atoms with Crippen molar-refractivity contribution in [2.75, 3.05) is 39.6 Å². The SMILES string of the molecule is [C-]#[N+]/C(=C1/C(C(=O)OCC)c2c(c3c(c4c2C(C(=O)OCC)/C(=C(\C#N)c2c(F)c(F)c([N+]#[C-])c(F)c2F)C4C(=O)OCC)C(C(=O)OCC)/C(=C(\[N+]#[C-])c2c(F)c(F)c([N+]#[C-])c(F)c2F)C3C(=O)OCC)C1C(=O)OCC)c1c(F)c(F)c(C#N)c(F)c1F. The van der Waals surface area contributed by atoms with Crippen LogP contribution in [0.2, 0.25) is 0 Å². The molecule has 462 valence electrons. The molecule has 0 fully saturated rings. The molecule has 0 heterocycles. The lowest BCUT2D eigenvalue weighted by Gasteiger charge is -2.25. The molecule has 0 aromatic heterocycles. The Kier molecular flexibility index (Phi) is 19.3. The summed E-state index contributed by atoms with van der Waals surface area (Å²) >= 11 is 0. The summed E-state index contributed by atoms with van der Waals surface area (Å²) in [5, 5.41) is 20.7. The van der Waals surface area contributed by atoms with Crippen LogP contribution in [0.1, 0.15) is 133 Å². The average molecular weight is 1260 g/mol. The Bertz CT molecular complexity index is 3650. The molecular formula is C60H36F12N6O12. The first kappa shape index (κ1) is 66.5. The van der Waals surface area contributed by atoms with E-state index in [1.807, 2.05) is 0 Å². The molecule has 3 aliphatic carbocycles. The molecule has 30 heteroatoms. The lowest BCUT2D eigenvalue weighted by molar-refractivity contribution is -0.146. The molecule has 0 bridgehead atoms. The Labute approximate surface area is 499 Å². The predicted octanol–water partition coefficient (Wildman–Crippen LogP) is 11.9. The Balaban J connectivity index is 2.04. The highest BCUT2D eigenvalue weighted by molar-refractivity contribution is 6.09. The van der Waals surface area contributed by atoms with Gasteiger partial charge in [-0.05, 0) is 91.6 Å². The van der Waals surface area contributed by atoms with Crippen LogP contribution in [0.4, 0.5) is 64.1 Å². The average Bonchev–Trinajstić information content (AvgIpc) is 1.50. The number of halogens is 12. The number of fused-ring (bicyclic) bond motifs is 6. The van der Waals surface area contributed by atoms with Crippen LogP contribution in [0, 0.1) is 119 Å². The van der Waals surface area contributed by atoms with Gasteiger partial charge < -0.3 is 28.4 Å². The van der Waals surface area contributed by atoms with E-state index in [0.717, 1.165) is 47.6 Å². The molecule has 0 saturated carbocycles. The van der Waals surface area contributed by atoms with E-state index in [9.17, 15) is 10.5 Å². The number of ether oxygens (including phenoxy) is 6. The first-order valence-electron chi connectivity index (χ1n) is 26.1. The number of carbonyl (C=O) groups excluding carboxylic acids is 6. The van der Waals surface area contributed by atoms with Gasteiger partial charge >= 0.3 is 35.8 Å². The molecule has 4 aromatic rings. The van der Waals surface area contributed by atoms with Crippen LogP contribution in [-0.2, 0) is 57.2 Å². The summed E-state index contributed by atoms with van der Waals surface area (Å²) in [6.45, 7) is 32.8. The second kappa shape index (κ2) is 26.2. The van der Waals surface area contributed by atoms with E-state index in [4.69, 9.17) is 54.7 Å². The fraction of sp³-hybridized carbons (Fsp3) is 0.300. The third-order valence-electron chi connectivity index (χ3n) is 14.4. The van der Waals surface area contributed by atoms with E-state index in [1.165, 1.54) is 6.07 Å². The lowest BCUT2D eigenvalue weighted by Crippen LogP contribution is -2.23. The van der Waals surface area contributed by atoms with Crippen LogP contribution in [0.3, 0.4) is 0 Å². The molecule has 0 radical (unpaired) electrons. The van der Waals surface area contributed by atoms with E-state index < -0.39 is 281 Å². The van der Waals surface area contributed by atoms with Gasteiger partial charge in [-0.3, -0.25) is 28.8 Å². The van der Waals surface area contributed by atoms with Gasteiger partial charge in [0.1, 0.15) is 35.1 Å². The molecule has 0 saturated heterocycles. The van der Waals surface area contributed by atoms with Gasteiger partial charge in [-0.15, -0.1) is 0 Å². The molecule has 4 aromatic carbocycles. The minimum absolute atomic E-state index is 0.840. The first-order chi connectivity index (χ1) is 42.8. The zero-order valence-corrected chi connectivity index (χ0v) is 46.8. The minimum Gasteiger partial charge on any atom is -0.465 e. The van der Waals surface area contributed by atoms with Crippen molar-refractivity contribution in [1.82, 2.24) is 0 Å². The Morgan fingerprint density at radius 3 is 0.789 bits per heavy atom. The fourth-order valence-electron chi connectivity index (χ4n) is 11.4. The number of hydrogen-bond acceptors (Lipinski definition) is 14. The molecule has 0 N–H and O–H groups in total. The standard InChI is InChI=1S/C60H36F12N6O12/c1-11-85-55(79)31-21(19(17-73)22-41(63)47(69)53(77-9)48(70)42(22)64)32(56(80)86-12-2)24-23(31)25-27(35(59(83)89-15-5)29(33(25)57(81)87-13-3)51(75-7)37-43(65)39(61)20(18-74)40(62)44(37)66)28-26(24)34(58(82)88-14-4)30(36(28)60(84)90-16-6)52(76-8)38-45(67)49(71)54(78-10)50(72)46(38)68/h31-36H,11-16H2,1-6H3/b21-19-,51-29-,52-30+. The largest absolute Gasteiger partial charge is 0.465 e. The van der Waals surface area contributed by atoms with E-state index in [-0.39, 0.29) is 0 Å². The number of nitriles is 2. The van der Waals surface area contributed by atoms with Gasteiger partial charge in [0, 0.05) is 0 Å². The van der Waals surface area contributed by atoms with Crippen molar-refractivity contribution in [3.05, 3.63) is 188 Å². The third kappa shape index (κ3) is 10.00. The summed E-state index contributed by atoms with van der Waals surface area (Å²) in [7, 11) is 0. The maximum Gasteiger partial charge on any atom is 0.317 e. The van der Waals surface area contributed by atoms with Crippen molar-refractivity contribution < 1.29 is 110 Å². The topological polar surface area (TPSA) is 223 Å². The van der Waals surface area contributed by atoms with E-state index in [2.05, 4.69) is 19.4 Å². The number of allylic oxidation sites excluding steroid dienone is 1. The highest BCUT2D eigenvalue weighted by atomic mass is 19.2. The quantitative estimate of drug-likeness (QED) is 0.0270. The number of hydrogen-bond donors (Lipinski definition) is 0.